The Hall–Kier alpha value is -2.18. The van der Waals surface area contributed by atoms with Crippen LogP contribution in [0.2, 0.25) is 0 Å². The number of aliphatic hydroxyl groups excluding tert-OH is 1. The highest BCUT2D eigenvalue weighted by Gasteiger charge is 2.22. The SMILES string of the molecule is Cc1nc2c(c(NC[C@@H]3CCCN(CCO)C3)n1)Cc1ccccc1OC2. The summed E-state index contributed by atoms with van der Waals surface area (Å²) >= 11 is 0. The lowest BCUT2D eigenvalue weighted by Gasteiger charge is -2.32. The molecule has 2 aliphatic rings. The summed E-state index contributed by atoms with van der Waals surface area (Å²) in [5.74, 6) is 3.23. The number of benzene rings is 1. The highest BCUT2D eigenvalue weighted by atomic mass is 16.5. The van der Waals surface area contributed by atoms with Crippen LogP contribution in [0, 0.1) is 12.8 Å². The minimum absolute atomic E-state index is 0.234. The van der Waals surface area contributed by atoms with Crippen LogP contribution in [0.5, 0.6) is 5.75 Å². The van der Waals surface area contributed by atoms with Crippen LogP contribution in [0.25, 0.3) is 0 Å². The highest BCUT2D eigenvalue weighted by molar-refractivity contribution is 5.52. The lowest BCUT2D eigenvalue weighted by atomic mass is 9.97. The van der Waals surface area contributed by atoms with Gasteiger partial charge in [-0.2, -0.15) is 0 Å². The molecule has 0 radical (unpaired) electrons. The first kappa shape index (κ1) is 18.2. The first-order valence-corrected chi connectivity index (χ1v) is 9.87. The van der Waals surface area contributed by atoms with E-state index >= 15 is 0 Å². The molecule has 1 atom stereocenters. The maximum Gasteiger partial charge on any atom is 0.133 e. The standard InChI is InChI=1S/C21H28N4O2/c1-15-23-19-14-27-20-7-3-2-6-17(20)11-18(19)21(24-15)22-12-16-5-4-8-25(13-16)9-10-26/h2-3,6-7,16,26H,4-5,8-14H2,1H3,(H,22,23,24)/t16-/m0/s1. The second-order valence-electron chi connectivity index (χ2n) is 7.53. The molecule has 0 amide bonds. The number of rotatable bonds is 5. The van der Waals surface area contributed by atoms with Gasteiger partial charge in [-0.3, -0.25) is 0 Å². The first-order chi connectivity index (χ1) is 13.2. The van der Waals surface area contributed by atoms with Gasteiger partial charge in [-0.25, -0.2) is 9.97 Å². The van der Waals surface area contributed by atoms with Crippen molar-refractivity contribution in [2.45, 2.75) is 32.8 Å². The molecule has 2 N–H and O–H groups in total. The summed E-state index contributed by atoms with van der Waals surface area (Å²) in [5.41, 5.74) is 3.30. The minimum Gasteiger partial charge on any atom is -0.487 e. The summed E-state index contributed by atoms with van der Waals surface area (Å²) in [6, 6.07) is 8.19. The van der Waals surface area contributed by atoms with Crippen LogP contribution < -0.4 is 10.1 Å². The molecule has 0 unspecified atom stereocenters. The van der Waals surface area contributed by atoms with Crippen molar-refractivity contribution in [2.75, 3.05) is 38.1 Å². The maximum absolute atomic E-state index is 9.20. The Balaban J connectivity index is 1.51. The fourth-order valence-electron chi connectivity index (χ4n) is 4.14. The van der Waals surface area contributed by atoms with Crippen molar-refractivity contribution >= 4 is 5.82 Å². The summed E-state index contributed by atoms with van der Waals surface area (Å²) in [6.07, 6.45) is 3.19. The molecule has 0 spiro atoms. The second-order valence-corrected chi connectivity index (χ2v) is 7.53. The lowest BCUT2D eigenvalue weighted by molar-refractivity contribution is 0.144. The van der Waals surface area contributed by atoms with Crippen molar-refractivity contribution in [2.24, 2.45) is 5.92 Å². The van der Waals surface area contributed by atoms with Gasteiger partial charge in [0.1, 0.15) is 24.0 Å². The zero-order valence-corrected chi connectivity index (χ0v) is 15.9. The summed E-state index contributed by atoms with van der Waals surface area (Å²) in [4.78, 5) is 11.7. The van der Waals surface area contributed by atoms with E-state index in [4.69, 9.17) is 9.72 Å². The number of fused-ring (bicyclic) bond motifs is 2. The second kappa shape index (κ2) is 8.23. The van der Waals surface area contributed by atoms with Crippen LogP contribution in [-0.2, 0) is 13.0 Å². The third-order valence-corrected chi connectivity index (χ3v) is 5.49. The van der Waals surface area contributed by atoms with Gasteiger partial charge in [0.25, 0.3) is 0 Å². The van der Waals surface area contributed by atoms with Gasteiger partial charge in [0.2, 0.25) is 0 Å². The molecule has 6 nitrogen and oxygen atoms in total. The number of ether oxygens (including phenoxy) is 1. The molecule has 0 saturated carbocycles. The molecular weight excluding hydrogens is 340 g/mol. The average Bonchev–Trinajstić information content (AvgIpc) is 2.86. The zero-order chi connectivity index (χ0) is 18.6. The van der Waals surface area contributed by atoms with Crippen molar-refractivity contribution < 1.29 is 9.84 Å². The van der Waals surface area contributed by atoms with Crippen LogP contribution in [-0.4, -0.2) is 52.8 Å². The maximum atomic E-state index is 9.20. The molecule has 1 saturated heterocycles. The van der Waals surface area contributed by atoms with Gasteiger partial charge in [0.15, 0.2) is 0 Å². The van der Waals surface area contributed by atoms with E-state index in [9.17, 15) is 5.11 Å². The third kappa shape index (κ3) is 4.22. The van der Waals surface area contributed by atoms with E-state index in [1.54, 1.807) is 0 Å². The van der Waals surface area contributed by atoms with E-state index < -0.39 is 0 Å². The minimum atomic E-state index is 0.234. The Kier molecular flexibility index (Phi) is 5.55. The molecule has 0 bridgehead atoms. The normalized spacial score (nSPS) is 19.6. The molecule has 0 aliphatic carbocycles. The Morgan fingerprint density at radius 2 is 2.19 bits per heavy atom. The van der Waals surface area contributed by atoms with Crippen molar-refractivity contribution in [3.63, 3.8) is 0 Å². The van der Waals surface area contributed by atoms with Crippen LogP contribution in [0.4, 0.5) is 5.82 Å². The highest BCUT2D eigenvalue weighted by Crippen LogP contribution is 2.31. The number of β-amino-alcohol motifs (C(OH)–C–C–N with tert-alkyl or cyclic N) is 1. The van der Waals surface area contributed by atoms with E-state index in [1.165, 1.54) is 18.4 Å². The lowest BCUT2D eigenvalue weighted by Crippen LogP contribution is -2.39. The summed E-state index contributed by atoms with van der Waals surface area (Å²) in [7, 11) is 0. The number of piperidine rings is 1. The zero-order valence-electron chi connectivity index (χ0n) is 15.9. The number of likely N-dealkylation sites (tertiary alicyclic amines) is 1. The van der Waals surface area contributed by atoms with Crippen LogP contribution >= 0.6 is 0 Å². The van der Waals surface area contributed by atoms with Gasteiger partial charge in [0, 0.05) is 31.6 Å². The number of aryl methyl sites for hydroxylation is 1. The van der Waals surface area contributed by atoms with Gasteiger partial charge in [-0.1, -0.05) is 18.2 Å². The summed E-state index contributed by atoms with van der Waals surface area (Å²) in [5, 5.41) is 12.8. The molecule has 1 aromatic heterocycles. The van der Waals surface area contributed by atoms with E-state index in [2.05, 4.69) is 21.3 Å². The van der Waals surface area contributed by atoms with E-state index in [0.29, 0.717) is 12.5 Å². The van der Waals surface area contributed by atoms with Crippen molar-refractivity contribution in [1.29, 1.82) is 0 Å². The summed E-state index contributed by atoms with van der Waals surface area (Å²) in [6.45, 7) is 6.45. The average molecular weight is 368 g/mol. The molecule has 2 aromatic rings. The van der Waals surface area contributed by atoms with Gasteiger partial charge < -0.3 is 20.1 Å². The van der Waals surface area contributed by atoms with E-state index in [-0.39, 0.29) is 6.61 Å². The van der Waals surface area contributed by atoms with Crippen molar-refractivity contribution in [1.82, 2.24) is 14.9 Å². The van der Waals surface area contributed by atoms with Crippen LogP contribution in [0.1, 0.15) is 35.5 Å². The number of anilines is 1. The number of aliphatic hydroxyl groups is 1. The first-order valence-electron chi connectivity index (χ1n) is 9.87. The Morgan fingerprint density at radius 1 is 1.30 bits per heavy atom. The van der Waals surface area contributed by atoms with Gasteiger partial charge in [-0.05, 0) is 43.9 Å². The molecule has 27 heavy (non-hydrogen) atoms. The number of hydrogen-bond acceptors (Lipinski definition) is 6. The number of nitrogens with one attached hydrogen (secondary N) is 1. The monoisotopic (exact) mass is 368 g/mol. The van der Waals surface area contributed by atoms with Crippen molar-refractivity contribution in [3.05, 3.63) is 46.9 Å². The largest absolute Gasteiger partial charge is 0.487 e. The molecule has 144 valence electrons. The van der Waals surface area contributed by atoms with Crippen molar-refractivity contribution in [3.8, 4) is 5.75 Å². The topological polar surface area (TPSA) is 70.5 Å². The third-order valence-electron chi connectivity index (χ3n) is 5.49. The molecule has 6 heteroatoms. The van der Waals surface area contributed by atoms with E-state index in [1.807, 2.05) is 25.1 Å². The molecular formula is C21H28N4O2. The molecule has 1 aromatic carbocycles. The van der Waals surface area contributed by atoms with Crippen LogP contribution in [0.3, 0.4) is 0 Å². The smallest absolute Gasteiger partial charge is 0.133 e. The molecule has 3 heterocycles. The number of aromatic nitrogens is 2. The quantitative estimate of drug-likeness (QED) is 0.844. The number of hydrogen-bond donors (Lipinski definition) is 2. The fourth-order valence-corrected chi connectivity index (χ4v) is 4.14. The van der Waals surface area contributed by atoms with E-state index in [0.717, 1.165) is 61.2 Å². The number of nitrogens with zero attached hydrogens (tertiary/aromatic N) is 3. The van der Waals surface area contributed by atoms with Crippen LogP contribution in [0.15, 0.2) is 24.3 Å². The Labute approximate surface area is 160 Å². The van der Waals surface area contributed by atoms with Gasteiger partial charge in [0.05, 0.1) is 12.3 Å². The summed E-state index contributed by atoms with van der Waals surface area (Å²) < 4.78 is 5.97. The molecule has 2 aliphatic heterocycles. The number of para-hydroxylation sites is 1. The molecule has 4 rings (SSSR count). The van der Waals surface area contributed by atoms with Gasteiger partial charge in [-0.15, -0.1) is 0 Å². The Morgan fingerprint density at radius 3 is 3.07 bits per heavy atom. The predicted molar refractivity (Wildman–Crippen MR) is 105 cm³/mol. The Bertz CT molecular complexity index is 794. The fraction of sp³-hybridized carbons (Fsp3) is 0.524. The van der Waals surface area contributed by atoms with Gasteiger partial charge >= 0.3 is 0 Å². The predicted octanol–water partition coefficient (Wildman–Crippen LogP) is 2.38. The molecule has 1 fully saturated rings.